The van der Waals surface area contributed by atoms with E-state index < -0.39 is 0 Å². The fourth-order valence-electron chi connectivity index (χ4n) is 4.39. The summed E-state index contributed by atoms with van der Waals surface area (Å²) in [6.45, 7) is 4.71. The van der Waals surface area contributed by atoms with E-state index in [-0.39, 0.29) is 17.4 Å². The number of nitrogens with one attached hydrogen (secondary N) is 1. The van der Waals surface area contributed by atoms with Gasteiger partial charge in [-0.05, 0) is 50.0 Å². The van der Waals surface area contributed by atoms with Gasteiger partial charge in [-0.15, -0.1) is 0 Å². The van der Waals surface area contributed by atoms with Crippen molar-refractivity contribution in [1.29, 1.82) is 0 Å². The quantitative estimate of drug-likeness (QED) is 0.835. The van der Waals surface area contributed by atoms with Crippen LogP contribution in [0.25, 0.3) is 0 Å². The van der Waals surface area contributed by atoms with E-state index in [0.717, 1.165) is 64.8 Å². The molecule has 1 N–H and O–H groups in total. The molecule has 2 fully saturated rings. The zero-order chi connectivity index (χ0) is 19.1. The molecule has 2 amide bonds. The Morgan fingerprint density at radius 1 is 1.22 bits per heavy atom. The lowest BCUT2D eigenvalue weighted by molar-refractivity contribution is -0.147. The van der Waals surface area contributed by atoms with E-state index in [1.165, 1.54) is 5.56 Å². The largest absolute Gasteiger partial charge is 0.375 e. The van der Waals surface area contributed by atoms with Gasteiger partial charge in [0.15, 0.2) is 0 Å². The van der Waals surface area contributed by atoms with Crippen molar-refractivity contribution in [1.82, 2.24) is 10.2 Å². The second-order valence-electron chi connectivity index (χ2n) is 8.03. The van der Waals surface area contributed by atoms with Crippen LogP contribution in [0.1, 0.15) is 51.0 Å². The first kappa shape index (κ1) is 19.9. The molecule has 5 heteroatoms. The van der Waals surface area contributed by atoms with Crippen LogP contribution in [0.3, 0.4) is 0 Å². The molecule has 0 aromatic heterocycles. The molecule has 3 rings (SSSR count). The number of hydrogen-bond acceptors (Lipinski definition) is 3. The first-order chi connectivity index (χ1) is 13.1. The van der Waals surface area contributed by atoms with Crippen molar-refractivity contribution >= 4 is 11.8 Å². The number of amides is 2. The fraction of sp³-hybridized carbons (Fsp3) is 0.636. The molecule has 1 aromatic rings. The summed E-state index contributed by atoms with van der Waals surface area (Å²) in [7, 11) is 0. The smallest absolute Gasteiger partial charge is 0.222 e. The Balaban J connectivity index is 1.43. The zero-order valence-electron chi connectivity index (χ0n) is 16.4. The number of nitrogens with zero attached hydrogens (tertiary/aromatic N) is 1. The summed E-state index contributed by atoms with van der Waals surface area (Å²) in [4.78, 5) is 25.6. The van der Waals surface area contributed by atoms with Crippen LogP contribution in [0.15, 0.2) is 30.3 Å². The molecule has 1 atom stereocenters. The number of hydrogen-bond donors (Lipinski definition) is 1. The third-order valence-corrected chi connectivity index (χ3v) is 6.02. The van der Waals surface area contributed by atoms with Gasteiger partial charge in [-0.25, -0.2) is 0 Å². The topological polar surface area (TPSA) is 58.6 Å². The second kappa shape index (κ2) is 9.36. The molecule has 1 unspecified atom stereocenters. The van der Waals surface area contributed by atoms with Crippen LogP contribution in [-0.4, -0.2) is 48.6 Å². The van der Waals surface area contributed by atoms with Gasteiger partial charge in [0.25, 0.3) is 0 Å². The van der Waals surface area contributed by atoms with Crippen molar-refractivity contribution in [2.45, 2.75) is 57.5 Å². The van der Waals surface area contributed by atoms with Crippen LogP contribution >= 0.6 is 0 Å². The third-order valence-electron chi connectivity index (χ3n) is 6.02. The maximum absolute atomic E-state index is 12.6. The van der Waals surface area contributed by atoms with Crippen molar-refractivity contribution in [2.24, 2.45) is 5.92 Å². The summed E-state index contributed by atoms with van der Waals surface area (Å²) in [6.07, 6.45) is 6.39. The molecule has 27 heavy (non-hydrogen) atoms. The number of carbonyl (C=O) groups excluding carboxylic acids is 2. The van der Waals surface area contributed by atoms with Crippen molar-refractivity contribution in [2.75, 3.05) is 26.2 Å². The predicted octanol–water partition coefficient (Wildman–Crippen LogP) is 2.93. The summed E-state index contributed by atoms with van der Waals surface area (Å²) in [5, 5.41) is 2.90. The molecular weight excluding hydrogens is 340 g/mol. The Hall–Kier alpha value is -1.88. The Morgan fingerprint density at radius 2 is 1.96 bits per heavy atom. The highest BCUT2D eigenvalue weighted by Gasteiger charge is 2.40. The van der Waals surface area contributed by atoms with Gasteiger partial charge in [-0.1, -0.05) is 30.3 Å². The maximum atomic E-state index is 12.6. The SMILES string of the molecule is CC(=O)NCCC1CCOC2(CCN(C(=O)CCc3ccccc3)CC2)C1. The number of carbonyl (C=O) groups is 2. The molecule has 2 aliphatic rings. The van der Waals surface area contributed by atoms with Gasteiger partial charge in [0, 0.05) is 39.6 Å². The number of piperidine rings is 1. The molecule has 1 spiro atoms. The summed E-state index contributed by atoms with van der Waals surface area (Å²) in [5.74, 6) is 0.900. The minimum Gasteiger partial charge on any atom is -0.375 e. The van der Waals surface area contributed by atoms with E-state index in [4.69, 9.17) is 4.74 Å². The highest BCUT2D eigenvalue weighted by molar-refractivity contribution is 5.76. The second-order valence-corrected chi connectivity index (χ2v) is 8.03. The predicted molar refractivity (Wildman–Crippen MR) is 105 cm³/mol. The van der Waals surface area contributed by atoms with Crippen LogP contribution in [0.5, 0.6) is 0 Å². The molecule has 1 aromatic carbocycles. The highest BCUT2D eigenvalue weighted by Crippen LogP contribution is 2.38. The molecule has 148 valence electrons. The van der Waals surface area contributed by atoms with Gasteiger partial charge < -0.3 is 15.0 Å². The monoisotopic (exact) mass is 372 g/mol. The van der Waals surface area contributed by atoms with Gasteiger partial charge in [-0.3, -0.25) is 9.59 Å². The average Bonchev–Trinajstić information content (AvgIpc) is 2.67. The Morgan fingerprint density at radius 3 is 2.67 bits per heavy atom. The summed E-state index contributed by atoms with van der Waals surface area (Å²) >= 11 is 0. The van der Waals surface area contributed by atoms with E-state index in [0.29, 0.717) is 12.3 Å². The molecule has 2 saturated heterocycles. The summed E-state index contributed by atoms with van der Waals surface area (Å²) < 4.78 is 6.20. The standard InChI is InChI=1S/C22H32N2O3/c1-18(25)23-13-9-20-10-16-27-22(17-20)11-14-24(15-12-22)21(26)8-7-19-5-3-2-4-6-19/h2-6,20H,7-17H2,1H3,(H,23,25). The van der Waals surface area contributed by atoms with Gasteiger partial charge in [-0.2, -0.15) is 0 Å². The molecule has 0 aliphatic carbocycles. The van der Waals surface area contributed by atoms with Gasteiger partial charge in [0.2, 0.25) is 11.8 Å². The summed E-state index contributed by atoms with van der Waals surface area (Å²) in [6, 6.07) is 10.2. The lowest BCUT2D eigenvalue weighted by atomic mass is 9.78. The number of aryl methyl sites for hydroxylation is 1. The Labute approximate surface area is 162 Å². The van der Waals surface area contributed by atoms with Gasteiger partial charge in [0.05, 0.1) is 5.60 Å². The molecular formula is C22H32N2O3. The highest BCUT2D eigenvalue weighted by atomic mass is 16.5. The van der Waals surface area contributed by atoms with E-state index in [1.807, 2.05) is 23.1 Å². The molecule has 2 heterocycles. The first-order valence-corrected chi connectivity index (χ1v) is 10.3. The minimum atomic E-state index is -0.0602. The Kier molecular flexibility index (Phi) is 6.89. The third kappa shape index (κ3) is 5.80. The van der Waals surface area contributed by atoms with Crippen LogP contribution in [0.4, 0.5) is 0 Å². The zero-order valence-corrected chi connectivity index (χ0v) is 16.4. The number of ether oxygens (including phenoxy) is 1. The van der Waals surface area contributed by atoms with Crippen LogP contribution in [-0.2, 0) is 20.7 Å². The van der Waals surface area contributed by atoms with E-state index in [9.17, 15) is 9.59 Å². The van der Waals surface area contributed by atoms with Crippen LogP contribution in [0.2, 0.25) is 0 Å². The number of likely N-dealkylation sites (tertiary alicyclic amines) is 1. The normalized spacial score (nSPS) is 21.8. The van der Waals surface area contributed by atoms with E-state index in [1.54, 1.807) is 6.92 Å². The van der Waals surface area contributed by atoms with Crippen molar-refractivity contribution in [3.63, 3.8) is 0 Å². The van der Waals surface area contributed by atoms with Crippen LogP contribution in [0, 0.1) is 5.92 Å². The first-order valence-electron chi connectivity index (χ1n) is 10.3. The average molecular weight is 373 g/mol. The lowest BCUT2D eigenvalue weighted by Crippen LogP contribution is -2.51. The lowest BCUT2D eigenvalue weighted by Gasteiger charge is -2.46. The molecule has 0 saturated carbocycles. The van der Waals surface area contributed by atoms with Crippen molar-refractivity contribution in [3.05, 3.63) is 35.9 Å². The minimum absolute atomic E-state index is 0.0408. The molecule has 0 radical (unpaired) electrons. The van der Waals surface area contributed by atoms with Crippen molar-refractivity contribution in [3.8, 4) is 0 Å². The van der Waals surface area contributed by atoms with E-state index in [2.05, 4.69) is 17.4 Å². The van der Waals surface area contributed by atoms with E-state index >= 15 is 0 Å². The maximum Gasteiger partial charge on any atom is 0.222 e. The number of benzene rings is 1. The van der Waals surface area contributed by atoms with Crippen molar-refractivity contribution < 1.29 is 14.3 Å². The molecule has 2 aliphatic heterocycles. The number of rotatable bonds is 6. The van der Waals surface area contributed by atoms with Crippen LogP contribution < -0.4 is 5.32 Å². The van der Waals surface area contributed by atoms with Gasteiger partial charge >= 0.3 is 0 Å². The summed E-state index contributed by atoms with van der Waals surface area (Å²) in [5.41, 5.74) is 1.16. The molecule has 5 nitrogen and oxygen atoms in total. The fourth-order valence-corrected chi connectivity index (χ4v) is 4.39. The van der Waals surface area contributed by atoms with Gasteiger partial charge in [0.1, 0.15) is 0 Å². The molecule has 0 bridgehead atoms. The Bertz CT molecular complexity index is 624.